The molecule has 0 fully saturated rings. The highest BCUT2D eigenvalue weighted by atomic mass is 16.6. The SMILES string of the molecule is CC/C=C\C/C=C\C/C=C\C/C=C\CCCCCCC(=O)OCC(COCCCCCCCCCC/C=C\C/C=C\C/C=C\CC)OC(=O)CCCCCCCCC. The Bertz CT molecular complexity index is 1090. The highest BCUT2D eigenvalue weighted by Gasteiger charge is 2.17. The Morgan fingerprint density at radius 2 is 0.776 bits per heavy atom. The summed E-state index contributed by atoms with van der Waals surface area (Å²) in [6, 6.07) is 0. The van der Waals surface area contributed by atoms with Crippen LogP contribution in [0.1, 0.15) is 213 Å². The van der Waals surface area contributed by atoms with Crippen molar-refractivity contribution >= 4 is 11.9 Å². The first-order valence-corrected chi connectivity index (χ1v) is 24.1. The summed E-state index contributed by atoms with van der Waals surface area (Å²) < 4.78 is 17.3. The Morgan fingerprint density at radius 3 is 1.24 bits per heavy atom. The van der Waals surface area contributed by atoms with Gasteiger partial charge in [-0.05, 0) is 89.9 Å². The fourth-order valence-electron chi connectivity index (χ4n) is 6.40. The smallest absolute Gasteiger partial charge is 0.306 e. The van der Waals surface area contributed by atoms with Gasteiger partial charge in [-0.1, -0.05) is 196 Å². The second-order valence-corrected chi connectivity index (χ2v) is 15.6. The number of ether oxygens (including phenoxy) is 3. The van der Waals surface area contributed by atoms with Crippen LogP contribution in [0.2, 0.25) is 0 Å². The van der Waals surface area contributed by atoms with E-state index in [1.54, 1.807) is 0 Å². The molecule has 0 amide bonds. The molecule has 0 bridgehead atoms. The fraction of sp³-hybridized carbons (Fsp3) is 0.698. The molecule has 1 unspecified atom stereocenters. The van der Waals surface area contributed by atoms with Gasteiger partial charge in [-0.25, -0.2) is 0 Å². The lowest BCUT2D eigenvalue weighted by molar-refractivity contribution is -0.163. The van der Waals surface area contributed by atoms with E-state index in [0.717, 1.165) is 109 Å². The van der Waals surface area contributed by atoms with Crippen molar-refractivity contribution < 1.29 is 23.8 Å². The lowest BCUT2D eigenvalue weighted by Gasteiger charge is -2.18. The summed E-state index contributed by atoms with van der Waals surface area (Å²) in [5.41, 5.74) is 0. The molecule has 0 saturated carbocycles. The van der Waals surface area contributed by atoms with Crippen molar-refractivity contribution in [2.75, 3.05) is 19.8 Å². The molecule has 0 N–H and O–H groups in total. The maximum Gasteiger partial charge on any atom is 0.306 e. The summed E-state index contributed by atoms with van der Waals surface area (Å²) >= 11 is 0. The zero-order valence-electron chi connectivity index (χ0n) is 38.0. The standard InChI is InChI=1S/C53H90O5/c1-4-7-10-13-16-18-20-22-24-26-28-30-32-34-36-39-42-45-48-56-49-51(58-53(55)47-44-41-37-15-12-9-6-3)50-57-52(54)46-43-40-38-35-33-31-29-27-25-23-21-19-17-14-11-8-5-2/h7-8,10-11,16-19,22-25,29,31,51H,4-6,9,12-15,20-21,26-28,30,32-50H2,1-3H3/b10-7-,11-8-,18-16-,19-17-,24-22-,25-23-,31-29-. The highest BCUT2D eigenvalue weighted by Crippen LogP contribution is 2.13. The molecule has 0 aromatic rings. The van der Waals surface area contributed by atoms with Gasteiger partial charge in [-0.3, -0.25) is 9.59 Å². The number of rotatable bonds is 43. The number of carbonyl (C=O) groups excluding carboxylic acids is 2. The van der Waals surface area contributed by atoms with E-state index in [9.17, 15) is 9.59 Å². The van der Waals surface area contributed by atoms with Gasteiger partial charge in [0, 0.05) is 19.4 Å². The van der Waals surface area contributed by atoms with Crippen LogP contribution in [0.25, 0.3) is 0 Å². The Morgan fingerprint density at radius 1 is 0.397 bits per heavy atom. The van der Waals surface area contributed by atoms with E-state index in [1.165, 1.54) is 70.6 Å². The second-order valence-electron chi connectivity index (χ2n) is 15.6. The van der Waals surface area contributed by atoms with Crippen molar-refractivity contribution in [3.05, 3.63) is 85.1 Å². The monoisotopic (exact) mass is 807 g/mol. The van der Waals surface area contributed by atoms with E-state index >= 15 is 0 Å². The van der Waals surface area contributed by atoms with Crippen LogP contribution in [-0.2, 0) is 23.8 Å². The first-order valence-electron chi connectivity index (χ1n) is 24.1. The minimum Gasteiger partial charge on any atom is -0.462 e. The van der Waals surface area contributed by atoms with Crippen LogP contribution in [0.15, 0.2) is 85.1 Å². The number of esters is 2. The summed E-state index contributed by atoms with van der Waals surface area (Å²) in [5, 5.41) is 0. The first-order chi connectivity index (χ1) is 28.6. The predicted octanol–water partition coefficient (Wildman–Crippen LogP) is 16.1. The largest absolute Gasteiger partial charge is 0.462 e. The van der Waals surface area contributed by atoms with Crippen molar-refractivity contribution in [3.63, 3.8) is 0 Å². The molecule has 0 aromatic heterocycles. The van der Waals surface area contributed by atoms with Crippen molar-refractivity contribution in [1.29, 1.82) is 0 Å². The molecule has 0 rings (SSSR count). The van der Waals surface area contributed by atoms with Gasteiger partial charge in [0.05, 0.1) is 6.61 Å². The first kappa shape index (κ1) is 55.1. The normalized spacial score (nSPS) is 12.9. The molecule has 58 heavy (non-hydrogen) atoms. The predicted molar refractivity (Wildman–Crippen MR) is 251 cm³/mol. The van der Waals surface area contributed by atoms with Crippen LogP contribution in [0.5, 0.6) is 0 Å². The molecule has 0 aliphatic carbocycles. The van der Waals surface area contributed by atoms with E-state index < -0.39 is 6.10 Å². The van der Waals surface area contributed by atoms with Gasteiger partial charge in [-0.15, -0.1) is 0 Å². The summed E-state index contributed by atoms with van der Waals surface area (Å²) in [7, 11) is 0. The van der Waals surface area contributed by atoms with Gasteiger partial charge < -0.3 is 14.2 Å². The van der Waals surface area contributed by atoms with Gasteiger partial charge in [0.1, 0.15) is 6.61 Å². The van der Waals surface area contributed by atoms with Gasteiger partial charge >= 0.3 is 11.9 Å². The van der Waals surface area contributed by atoms with E-state index in [0.29, 0.717) is 19.4 Å². The number of carbonyl (C=O) groups is 2. The molecular formula is C53H90O5. The van der Waals surface area contributed by atoms with Crippen LogP contribution >= 0.6 is 0 Å². The summed E-state index contributed by atoms with van der Waals surface area (Å²) in [6.45, 7) is 7.52. The van der Waals surface area contributed by atoms with E-state index in [4.69, 9.17) is 14.2 Å². The molecule has 5 nitrogen and oxygen atoms in total. The molecule has 0 heterocycles. The second kappa shape index (κ2) is 48.4. The fourth-order valence-corrected chi connectivity index (χ4v) is 6.40. The van der Waals surface area contributed by atoms with Crippen LogP contribution in [0, 0.1) is 0 Å². The minimum absolute atomic E-state index is 0.0667. The van der Waals surface area contributed by atoms with Crippen molar-refractivity contribution in [2.24, 2.45) is 0 Å². The number of unbranched alkanes of at least 4 members (excludes halogenated alkanes) is 18. The van der Waals surface area contributed by atoms with Crippen molar-refractivity contribution in [3.8, 4) is 0 Å². The number of hydrogen-bond donors (Lipinski definition) is 0. The summed E-state index contributed by atoms with van der Waals surface area (Å²) in [5.74, 6) is -0.437. The Hall–Kier alpha value is -2.92. The Kier molecular flexibility index (Phi) is 46.0. The van der Waals surface area contributed by atoms with Crippen LogP contribution in [0.4, 0.5) is 0 Å². The molecule has 0 aromatic carbocycles. The molecule has 0 saturated heterocycles. The van der Waals surface area contributed by atoms with Gasteiger partial charge in [-0.2, -0.15) is 0 Å². The third kappa shape index (κ3) is 45.8. The average molecular weight is 807 g/mol. The molecule has 332 valence electrons. The molecule has 5 heteroatoms. The maximum atomic E-state index is 12.7. The van der Waals surface area contributed by atoms with Gasteiger partial charge in [0.25, 0.3) is 0 Å². The van der Waals surface area contributed by atoms with Gasteiger partial charge in [0.15, 0.2) is 6.10 Å². The third-order valence-electron chi connectivity index (χ3n) is 9.93. The number of hydrogen-bond acceptors (Lipinski definition) is 5. The third-order valence-corrected chi connectivity index (χ3v) is 9.93. The lowest BCUT2D eigenvalue weighted by atomic mass is 10.1. The Labute approximate surface area is 359 Å². The molecule has 0 aliphatic rings. The van der Waals surface area contributed by atoms with Crippen molar-refractivity contribution in [1.82, 2.24) is 0 Å². The highest BCUT2D eigenvalue weighted by molar-refractivity contribution is 5.70. The molecule has 0 radical (unpaired) electrons. The van der Waals surface area contributed by atoms with Crippen LogP contribution in [-0.4, -0.2) is 37.9 Å². The lowest BCUT2D eigenvalue weighted by Crippen LogP contribution is -2.30. The van der Waals surface area contributed by atoms with Crippen LogP contribution < -0.4 is 0 Å². The summed E-state index contributed by atoms with van der Waals surface area (Å²) in [6.07, 6.45) is 63.1. The topological polar surface area (TPSA) is 61.8 Å². The Balaban J connectivity index is 4.19. The average Bonchev–Trinajstić information content (AvgIpc) is 3.22. The molecule has 0 spiro atoms. The van der Waals surface area contributed by atoms with Crippen molar-refractivity contribution in [2.45, 2.75) is 219 Å². The zero-order chi connectivity index (χ0) is 42.1. The number of allylic oxidation sites excluding steroid dienone is 14. The van der Waals surface area contributed by atoms with Crippen LogP contribution in [0.3, 0.4) is 0 Å². The summed E-state index contributed by atoms with van der Waals surface area (Å²) in [4.78, 5) is 25.2. The molecule has 1 atom stereocenters. The molecule has 0 aliphatic heterocycles. The maximum absolute atomic E-state index is 12.7. The minimum atomic E-state index is -0.550. The molecular weight excluding hydrogens is 717 g/mol. The zero-order valence-corrected chi connectivity index (χ0v) is 38.0. The quantitative estimate of drug-likeness (QED) is 0.0349. The van der Waals surface area contributed by atoms with E-state index in [2.05, 4.69) is 106 Å². The van der Waals surface area contributed by atoms with E-state index in [-0.39, 0.29) is 25.2 Å². The van der Waals surface area contributed by atoms with Gasteiger partial charge in [0.2, 0.25) is 0 Å². The van der Waals surface area contributed by atoms with E-state index in [1.807, 2.05) is 0 Å².